The minimum Gasteiger partial charge on any atom is -0.258 e. The quantitative estimate of drug-likeness (QED) is 0.327. The molecule has 0 saturated heterocycles. The molecule has 0 radical (unpaired) electrons. The van der Waals surface area contributed by atoms with Crippen molar-refractivity contribution in [2.45, 2.75) is 15.8 Å². The molecule has 0 aliphatic carbocycles. The van der Waals surface area contributed by atoms with E-state index in [9.17, 15) is 10.1 Å². The van der Waals surface area contributed by atoms with E-state index < -0.39 is 0 Å². The summed E-state index contributed by atoms with van der Waals surface area (Å²) in [6.45, 7) is 0. The molecule has 3 aromatic carbocycles. The summed E-state index contributed by atoms with van der Waals surface area (Å²) in [6, 6.07) is 21.5. The number of hydrogen-bond acceptors (Lipinski definition) is 4. The molecular formula is C20H13N3O2S. The number of fused-ring (bicyclic) bond motifs is 3. The van der Waals surface area contributed by atoms with E-state index in [-0.39, 0.29) is 16.7 Å². The zero-order valence-corrected chi connectivity index (χ0v) is 14.4. The lowest BCUT2D eigenvalue weighted by Crippen LogP contribution is -2.17. The third kappa shape index (κ3) is 2.23. The summed E-state index contributed by atoms with van der Waals surface area (Å²) in [7, 11) is 0. The van der Waals surface area contributed by atoms with Crippen molar-refractivity contribution in [1.82, 2.24) is 9.78 Å². The lowest BCUT2D eigenvalue weighted by molar-refractivity contribution is -0.384. The molecule has 1 aliphatic rings. The molecular weight excluding hydrogens is 346 g/mol. The Balaban J connectivity index is 1.76. The number of nitro groups is 1. The summed E-state index contributed by atoms with van der Waals surface area (Å²) in [6.07, 6.45) is 1.70. The predicted molar refractivity (Wildman–Crippen MR) is 101 cm³/mol. The molecule has 0 saturated carbocycles. The Labute approximate surface area is 153 Å². The number of nitrogens with zero attached hydrogens (tertiary/aromatic N) is 3. The summed E-state index contributed by atoms with van der Waals surface area (Å²) in [5.41, 5.74) is 3.35. The third-order valence-electron chi connectivity index (χ3n) is 4.68. The van der Waals surface area contributed by atoms with Gasteiger partial charge in [0.15, 0.2) is 0 Å². The summed E-state index contributed by atoms with van der Waals surface area (Å²) in [5, 5.41) is 16.4. The van der Waals surface area contributed by atoms with Gasteiger partial charge in [0, 0.05) is 27.3 Å². The van der Waals surface area contributed by atoms with Gasteiger partial charge in [-0.15, -0.1) is 0 Å². The molecule has 0 fully saturated rings. The van der Waals surface area contributed by atoms with Crippen LogP contribution in [0.25, 0.3) is 10.9 Å². The highest BCUT2D eigenvalue weighted by molar-refractivity contribution is 7.99. The highest BCUT2D eigenvalue weighted by atomic mass is 32.2. The van der Waals surface area contributed by atoms with E-state index in [4.69, 9.17) is 0 Å². The van der Waals surface area contributed by atoms with E-state index in [1.54, 1.807) is 30.1 Å². The molecule has 5 rings (SSSR count). The topological polar surface area (TPSA) is 61.0 Å². The monoisotopic (exact) mass is 359 g/mol. The number of benzene rings is 3. The van der Waals surface area contributed by atoms with E-state index in [1.165, 1.54) is 27.0 Å². The third-order valence-corrected chi connectivity index (χ3v) is 5.87. The van der Waals surface area contributed by atoms with Crippen LogP contribution in [0.2, 0.25) is 0 Å². The van der Waals surface area contributed by atoms with Gasteiger partial charge < -0.3 is 0 Å². The van der Waals surface area contributed by atoms with Gasteiger partial charge in [0.25, 0.3) is 5.69 Å². The van der Waals surface area contributed by atoms with Crippen molar-refractivity contribution < 1.29 is 4.92 Å². The van der Waals surface area contributed by atoms with Crippen molar-refractivity contribution in [2.75, 3.05) is 0 Å². The van der Waals surface area contributed by atoms with Crippen LogP contribution in [0, 0.1) is 10.1 Å². The van der Waals surface area contributed by atoms with Crippen molar-refractivity contribution in [3.05, 3.63) is 94.2 Å². The second-order valence-corrected chi connectivity index (χ2v) is 7.25. The zero-order valence-electron chi connectivity index (χ0n) is 13.6. The van der Waals surface area contributed by atoms with Crippen molar-refractivity contribution >= 4 is 28.4 Å². The number of nitro benzene ring substituents is 1. The molecule has 0 amide bonds. The van der Waals surface area contributed by atoms with Gasteiger partial charge in [0.1, 0.15) is 6.04 Å². The maximum absolute atomic E-state index is 11.1. The Kier molecular flexibility index (Phi) is 3.33. The van der Waals surface area contributed by atoms with Crippen LogP contribution in [-0.4, -0.2) is 14.7 Å². The Morgan fingerprint density at radius 3 is 2.27 bits per heavy atom. The van der Waals surface area contributed by atoms with Crippen LogP contribution < -0.4 is 0 Å². The minimum absolute atomic E-state index is 0.0531. The molecule has 0 bridgehead atoms. The molecule has 1 aliphatic heterocycles. The maximum Gasteiger partial charge on any atom is 0.270 e. The van der Waals surface area contributed by atoms with Gasteiger partial charge in [-0.3, -0.25) is 14.8 Å². The number of hydrogen-bond donors (Lipinski definition) is 0. The maximum atomic E-state index is 11.1. The fourth-order valence-corrected chi connectivity index (χ4v) is 4.63. The average Bonchev–Trinajstić information content (AvgIpc) is 3.09. The van der Waals surface area contributed by atoms with E-state index in [0.717, 1.165) is 10.9 Å². The Bertz CT molecular complexity index is 1120. The van der Waals surface area contributed by atoms with Crippen molar-refractivity contribution in [3.8, 4) is 0 Å². The molecule has 2 heterocycles. The average molecular weight is 359 g/mol. The van der Waals surface area contributed by atoms with Crippen LogP contribution in [0.3, 0.4) is 0 Å². The number of non-ortho nitro benzene ring substituents is 1. The fourth-order valence-electron chi connectivity index (χ4n) is 3.51. The van der Waals surface area contributed by atoms with Crippen molar-refractivity contribution in [1.29, 1.82) is 0 Å². The summed E-state index contributed by atoms with van der Waals surface area (Å²) >= 11 is 1.76. The molecule has 26 heavy (non-hydrogen) atoms. The van der Waals surface area contributed by atoms with Gasteiger partial charge in [-0.2, -0.15) is 5.10 Å². The highest BCUT2D eigenvalue weighted by Crippen LogP contribution is 2.46. The summed E-state index contributed by atoms with van der Waals surface area (Å²) in [5.74, 6) is 0. The van der Waals surface area contributed by atoms with E-state index in [1.807, 2.05) is 28.9 Å². The first kappa shape index (κ1) is 15.2. The Morgan fingerprint density at radius 2 is 1.62 bits per heavy atom. The van der Waals surface area contributed by atoms with Crippen LogP contribution in [0.4, 0.5) is 5.69 Å². The van der Waals surface area contributed by atoms with Crippen LogP contribution >= 0.6 is 11.8 Å². The lowest BCUT2D eigenvalue weighted by atomic mass is 9.97. The lowest BCUT2D eigenvalue weighted by Gasteiger charge is -2.28. The van der Waals surface area contributed by atoms with Crippen molar-refractivity contribution in [2.24, 2.45) is 0 Å². The molecule has 0 N–H and O–H groups in total. The second kappa shape index (κ2) is 5.71. The first-order valence-corrected chi connectivity index (χ1v) is 9.01. The van der Waals surface area contributed by atoms with Gasteiger partial charge in [0.05, 0.1) is 16.6 Å². The standard InChI is InChI=1S/C20H13N3O2S/c24-23(25)14-9-10-17-13(11-14)12-21-22(17)20-15-5-1-3-7-18(15)26-19-8-4-2-6-16(19)20/h1-12,20H. The molecule has 6 heteroatoms. The Morgan fingerprint density at radius 1 is 0.962 bits per heavy atom. The first-order valence-electron chi connectivity index (χ1n) is 8.20. The van der Waals surface area contributed by atoms with Crippen LogP contribution in [0.1, 0.15) is 17.2 Å². The van der Waals surface area contributed by atoms with Crippen LogP contribution in [0.15, 0.2) is 82.7 Å². The van der Waals surface area contributed by atoms with E-state index in [2.05, 4.69) is 29.4 Å². The van der Waals surface area contributed by atoms with Gasteiger partial charge in [-0.05, 0) is 29.3 Å². The molecule has 5 nitrogen and oxygen atoms in total. The normalized spacial score (nSPS) is 13.4. The van der Waals surface area contributed by atoms with E-state index in [0.29, 0.717) is 0 Å². The molecule has 0 spiro atoms. The zero-order chi connectivity index (χ0) is 17.7. The molecule has 126 valence electrons. The summed E-state index contributed by atoms with van der Waals surface area (Å²) in [4.78, 5) is 13.1. The largest absolute Gasteiger partial charge is 0.270 e. The van der Waals surface area contributed by atoms with Crippen molar-refractivity contribution in [3.63, 3.8) is 0 Å². The number of aromatic nitrogens is 2. The molecule has 4 aromatic rings. The predicted octanol–water partition coefficient (Wildman–Crippen LogP) is 5.05. The molecule has 1 aromatic heterocycles. The highest BCUT2D eigenvalue weighted by Gasteiger charge is 2.28. The van der Waals surface area contributed by atoms with Gasteiger partial charge >= 0.3 is 0 Å². The molecule has 0 atom stereocenters. The summed E-state index contributed by atoms with van der Waals surface area (Å²) < 4.78 is 1.97. The van der Waals surface area contributed by atoms with E-state index >= 15 is 0 Å². The Hall–Kier alpha value is -3.12. The minimum atomic E-state index is -0.376. The van der Waals surface area contributed by atoms with Gasteiger partial charge in [0.2, 0.25) is 0 Å². The fraction of sp³-hybridized carbons (Fsp3) is 0.0500. The first-order chi connectivity index (χ1) is 12.7. The molecule has 0 unspecified atom stereocenters. The van der Waals surface area contributed by atoms with Gasteiger partial charge in [-0.1, -0.05) is 48.2 Å². The smallest absolute Gasteiger partial charge is 0.258 e. The second-order valence-electron chi connectivity index (χ2n) is 6.17. The van der Waals surface area contributed by atoms with Gasteiger partial charge in [-0.25, -0.2) is 0 Å². The van der Waals surface area contributed by atoms with Crippen LogP contribution in [0.5, 0.6) is 0 Å². The van der Waals surface area contributed by atoms with Crippen LogP contribution in [-0.2, 0) is 0 Å². The SMILES string of the molecule is O=[N+]([O-])c1ccc2c(cnn2C2c3ccccc3Sc3ccccc32)c1. The number of rotatable bonds is 2.